The Balaban J connectivity index is 1.58. The lowest BCUT2D eigenvalue weighted by Gasteiger charge is -2.05. The molecule has 1 aromatic carbocycles. The van der Waals surface area contributed by atoms with Crippen LogP contribution < -0.4 is 10.1 Å². The first-order chi connectivity index (χ1) is 12.6. The Kier molecular flexibility index (Phi) is 5.73. The minimum absolute atomic E-state index is 0.144. The van der Waals surface area contributed by atoms with Gasteiger partial charge in [-0.3, -0.25) is 9.48 Å². The zero-order valence-electron chi connectivity index (χ0n) is 15.3. The molecule has 0 unspecified atom stereocenters. The fourth-order valence-corrected chi connectivity index (χ4v) is 3.42. The van der Waals surface area contributed by atoms with Crippen LogP contribution >= 0.6 is 11.3 Å². The number of anilines is 1. The first kappa shape index (κ1) is 18.2. The van der Waals surface area contributed by atoms with E-state index in [1.807, 2.05) is 48.2 Å². The number of nitrogens with one attached hydrogen (secondary N) is 1. The van der Waals surface area contributed by atoms with Gasteiger partial charge < -0.3 is 10.1 Å². The maximum atomic E-state index is 12.4. The number of carbonyl (C=O) groups is 1. The largest absolute Gasteiger partial charge is 0.489 e. The number of ether oxygens (including phenoxy) is 1. The summed E-state index contributed by atoms with van der Waals surface area (Å²) < 4.78 is 7.65. The highest BCUT2D eigenvalue weighted by Crippen LogP contribution is 2.20. The number of aromatic nitrogens is 2. The van der Waals surface area contributed by atoms with Gasteiger partial charge in [-0.25, -0.2) is 0 Å². The van der Waals surface area contributed by atoms with Gasteiger partial charge in [-0.1, -0.05) is 19.1 Å². The summed E-state index contributed by atoms with van der Waals surface area (Å²) in [5.41, 5.74) is 3.29. The Hall–Kier alpha value is -2.60. The van der Waals surface area contributed by atoms with Crippen molar-refractivity contribution in [1.29, 1.82) is 0 Å². The molecule has 0 aliphatic heterocycles. The van der Waals surface area contributed by atoms with Gasteiger partial charge in [-0.05, 0) is 49.4 Å². The molecule has 3 rings (SSSR count). The van der Waals surface area contributed by atoms with Crippen molar-refractivity contribution in [3.63, 3.8) is 0 Å². The van der Waals surface area contributed by atoms with E-state index in [1.54, 1.807) is 0 Å². The van der Waals surface area contributed by atoms with E-state index < -0.39 is 0 Å². The van der Waals surface area contributed by atoms with Crippen LogP contribution in [0.5, 0.6) is 5.75 Å². The number of carbonyl (C=O) groups excluding carboxylic acids is 1. The first-order valence-electron chi connectivity index (χ1n) is 8.74. The predicted molar refractivity (Wildman–Crippen MR) is 105 cm³/mol. The molecule has 0 bridgehead atoms. The van der Waals surface area contributed by atoms with E-state index >= 15 is 0 Å². The van der Waals surface area contributed by atoms with Crippen molar-refractivity contribution >= 4 is 23.1 Å². The first-order valence-corrected chi connectivity index (χ1v) is 9.62. The summed E-state index contributed by atoms with van der Waals surface area (Å²) in [6.45, 7) is 7.34. The minimum Gasteiger partial charge on any atom is -0.489 e. The van der Waals surface area contributed by atoms with E-state index in [4.69, 9.17) is 4.74 Å². The van der Waals surface area contributed by atoms with Crippen LogP contribution in [0.3, 0.4) is 0 Å². The van der Waals surface area contributed by atoms with Crippen LogP contribution in [0.15, 0.2) is 41.8 Å². The molecular weight excluding hydrogens is 346 g/mol. The molecule has 0 spiro atoms. The molecule has 3 aromatic rings. The number of thiophene rings is 1. The van der Waals surface area contributed by atoms with Crippen LogP contribution in [0, 0.1) is 6.92 Å². The van der Waals surface area contributed by atoms with Gasteiger partial charge in [-0.2, -0.15) is 5.10 Å². The maximum Gasteiger partial charge on any atom is 0.266 e. The van der Waals surface area contributed by atoms with E-state index in [2.05, 4.69) is 29.5 Å². The second kappa shape index (κ2) is 8.19. The molecule has 2 aromatic heterocycles. The normalized spacial score (nSPS) is 10.7. The van der Waals surface area contributed by atoms with E-state index in [9.17, 15) is 4.79 Å². The summed E-state index contributed by atoms with van der Waals surface area (Å²) in [5, 5.41) is 9.16. The molecule has 0 aliphatic carbocycles. The van der Waals surface area contributed by atoms with Gasteiger partial charge in [0.2, 0.25) is 0 Å². The van der Waals surface area contributed by atoms with Gasteiger partial charge in [0.15, 0.2) is 5.82 Å². The quantitative estimate of drug-likeness (QED) is 0.659. The highest BCUT2D eigenvalue weighted by atomic mass is 32.1. The number of aryl methyl sites for hydroxylation is 3. The second-order valence-corrected chi connectivity index (χ2v) is 6.96. The van der Waals surface area contributed by atoms with Crippen molar-refractivity contribution in [3.8, 4) is 5.75 Å². The van der Waals surface area contributed by atoms with Crippen LogP contribution in [0.1, 0.15) is 40.3 Å². The van der Waals surface area contributed by atoms with Crippen molar-refractivity contribution in [2.75, 3.05) is 5.32 Å². The molecule has 0 saturated carbocycles. The fraction of sp³-hybridized carbons (Fsp3) is 0.300. The summed E-state index contributed by atoms with van der Waals surface area (Å²) in [6.07, 6.45) is 1.01. The third-order valence-electron chi connectivity index (χ3n) is 4.14. The molecule has 2 heterocycles. The Morgan fingerprint density at radius 1 is 1.19 bits per heavy atom. The van der Waals surface area contributed by atoms with Crippen molar-refractivity contribution in [3.05, 3.63) is 63.5 Å². The average molecular weight is 369 g/mol. The van der Waals surface area contributed by atoms with Crippen molar-refractivity contribution < 1.29 is 9.53 Å². The predicted octanol–water partition coefficient (Wildman–Crippen LogP) is 4.67. The zero-order chi connectivity index (χ0) is 18.5. The highest BCUT2D eigenvalue weighted by molar-refractivity contribution is 7.12. The molecule has 6 heteroatoms. The lowest BCUT2D eigenvalue weighted by Crippen LogP contribution is -2.11. The third-order valence-corrected chi connectivity index (χ3v) is 5.11. The van der Waals surface area contributed by atoms with E-state index in [1.165, 1.54) is 16.9 Å². The summed E-state index contributed by atoms with van der Waals surface area (Å²) in [6, 6.07) is 11.8. The minimum atomic E-state index is -0.144. The van der Waals surface area contributed by atoms with Gasteiger partial charge >= 0.3 is 0 Å². The van der Waals surface area contributed by atoms with E-state index in [-0.39, 0.29) is 5.91 Å². The average Bonchev–Trinajstić information content (AvgIpc) is 3.26. The number of amides is 1. The number of rotatable bonds is 7. The fourth-order valence-electron chi connectivity index (χ4n) is 2.63. The Morgan fingerprint density at radius 2 is 1.96 bits per heavy atom. The zero-order valence-corrected chi connectivity index (χ0v) is 16.1. The highest BCUT2D eigenvalue weighted by Gasteiger charge is 2.12. The van der Waals surface area contributed by atoms with Crippen LogP contribution in [-0.4, -0.2) is 15.7 Å². The molecule has 0 atom stereocenters. The summed E-state index contributed by atoms with van der Waals surface area (Å²) in [4.78, 5) is 13.0. The topological polar surface area (TPSA) is 56.1 Å². The van der Waals surface area contributed by atoms with Gasteiger partial charge in [0, 0.05) is 23.9 Å². The van der Waals surface area contributed by atoms with E-state index in [0.29, 0.717) is 17.3 Å². The molecule has 0 aliphatic rings. The number of benzene rings is 1. The SMILES string of the molecule is CCc1ccc(OCc2csc(C(=O)Nc3cc(C)n(CC)n3)c2)cc1. The molecular formula is C20H23N3O2S. The van der Waals surface area contributed by atoms with Crippen molar-refractivity contribution in [2.24, 2.45) is 0 Å². The molecule has 26 heavy (non-hydrogen) atoms. The number of hydrogen-bond donors (Lipinski definition) is 1. The van der Waals surface area contributed by atoms with Crippen LogP contribution in [-0.2, 0) is 19.6 Å². The Morgan fingerprint density at radius 3 is 2.62 bits per heavy atom. The number of hydrogen-bond acceptors (Lipinski definition) is 4. The molecule has 5 nitrogen and oxygen atoms in total. The molecule has 0 fully saturated rings. The smallest absolute Gasteiger partial charge is 0.266 e. The van der Waals surface area contributed by atoms with Gasteiger partial charge in [0.05, 0.1) is 4.88 Å². The standard InChI is InChI=1S/C20H23N3O2S/c1-4-15-6-8-17(9-7-15)25-12-16-11-18(26-13-16)20(24)21-19-10-14(3)23(5-2)22-19/h6-11,13H,4-5,12H2,1-3H3,(H,21,22,24). The van der Waals surface area contributed by atoms with Crippen molar-refractivity contribution in [2.45, 2.75) is 40.3 Å². The van der Waals surface area contributed by atoms with Crippen LogP contribution in [0.2, 0.25) is 0 Å². The lowest BCUT2D eigenvalue weighted by molar-refractivity contribution is 0.103. The molecule has 0 saturated heterocycles. The lowest BCUT2D eigenvalue weighted by atomic mass is 10.2. The summed E-state index contributed by atoms with van der Waals surface area (Å²) in [7, 11) is 0. The number of nitrogens with zero attached hydrogens (tertiary/aromatic N) is 2. The Bertz CT molecular complexity index is 881. The monoisotopic (exact) mass is 369 g/mol. The Labute approximate surface area is 157 Å². The summed E-state index contributed by atoms with van der Waals surface area (Å²) in [5.74, 6) is 1.27. The molecule has 0 radical (unpaired) electrons. The van der Waals surface area contributed by atoms with Crippen LogP contribution in [0.25, 0.3) is 0 Å². The van der Waals surface area contributed by atoms with Crippen molar-refractivity contribution in [1.82, 2.24) is 9.78 Å². The van der Waals surface area contributed by atoms with E-state index in [0.717, 1.165) is 30.0 Å². The molecule has 1 amide bonds. The third kappa shape index (κ3) is 4.32. The van der Waals surface area contributed by atoms with Gasteiger partial charge in [0.25, 0.3) is 5.91 Å². The maximum absolute atomic E-state index is 12.4. The second-order valence-electron chi connectivity index (χ2n) is 6.05. The molecule has 1 N–H and O–H groups in total. The van der Waals surface area contributed by atoms with Gasteiger partial charge in [0.1, 0.15) is 12.4 Å². The molecule has 136 valence electrons. The van der Waals surface area contributed by atoms with Gasteiger partial charge in [-0.15, -0.1) is 11.3 Å². The summed E-state index contributed by atoms with van der Waals surface area (Å²) >= 11 is 1.41. The van der Waals surface area contributed by atoms with Crippen LogP contribution in [0.4, 0.5) is 5.82 Å².